The van der Waals surface area contributed by atoms with Crippen LogP contribution in [0.4, 0.5) is 0 Å². The van der Waals surface area contributed by atoms with E-state index in [2.05, 4.69) is 59.8 Å². The minimum Gasteiger partial charge on any atom is -0.490 e. The first-order valence-electron chi connectivity index (χ1n) is 12.5. The lowest BCUT2D eigenvalue weighted by Crippen LogP contribution is -2.41. The third-order valence-electron chi connectivity index (χ3n) is 6.78. The molecule has 5 rings (SSSR count). The van der Waals surface area contributed by atoms with Crippen LogP contribution >= 0.6 is 11.8 Å². The fraction of sp³-hybridized carbons (Fsp3) is 0.300. The molecule has 1 aromatic heterocycles. The van der Waals surface area contributed by atoms with Gasteiger partial charge in [-0.15, -0.1) is 11.8 Å². The van der Waals surface area contributed by atoms with Crippen LogP contribution in [0.3, 0.4) is 0 Å². The molecule has 0 fully saturated rings. The van der Waals surface area contributed by atoms with Gasteiger partial charge in [0.05, 0.1) is 25.7 Å². The van der Waals surface area contributed by atoms with E-state index >= 15 is 0 Å². The molecule has 1 aliphatic rings. The molecule has 0 saturated heterocycles. The number of ether oxygens (including phenoxy) is 2. The first kappa shape index (κ1) is 24.3. The number of amides is 1. The van der Waals surface area contributed by atoms with E-state index < -0.39 is 0 Å². The van der Waals surface area contributed by atoms with Crippen molar-refractivity contribution in [2.75, 3.05) is 26.0 Å². The highest BCUT2D eigenvalue weighted by Crippen LogP contribution is 2.40. The molecule has 1 amide bonds. The van der Waals surface area contributed by atoms with E-state index in [0.717, 1.165) is 28.8 Å². The van der Waals surface area contributed by atoms with Gasteiger partial charge in [-0.2, -0.15) is 0 Å². The van der Waals surface area contributed by atoms with Gasteiger partial charge in [-0.3, -0.25) is 4.79 Å². The van der Waals surface area contributed by atoms with Crippen molar-refractivity contribution in [2.45, 2.75) is 37.6 Å². The van der Waals surface area contributed by atoms with Crippen LogP contribution in [0.2, 0.25) is 0 Å². The molecule has 36 heavy (non-hydrogen) atoms. The zero-order valence-electron chi connectivity index (χ0n) is 21.0. The summed E-state index contributed by atoms with van der Waals surface area (Å²) in [5.41, 5.74) is 5.50. The van der Waals surface area contributed by atoms with E-state index in [9.17, 15) is 4.79 Å². The first-order valence-corrected chi connectivity index (χ1v) is 13.8. The number of thioether (sulfide) groups is 1. The minimum atomic E-state index is -0.171. The molecule has 0 radical (unpaired) electrons. The van der Waals surface area contributed by atoms with E-state index in [0.29, 0.717) is 31.3 Å². The molecule has 0 unspecified atom stereocenters. The van der Waals surface area contributed by atoms with Gasteiger partial charge in [0.15, 0.2) is 11.5 Å². The van der Waals surface area contributed by atoms with Gasteiger partial charge in [0.25, 0.3) is 0 Å². The SMILES string of the molecule is CCOc1cccc(CC(=O)N2CCc3c([nH]c4ccccc34)[C@H]2c2ccc(SC)cc2)c1OCC. The number of carbonyl (C=O) groups excluding carboxylic acids is 1. The maximum absolute atomic E-state index is 13.9. The Morgan fingerprint density at radius 2 is 1.78 bits per heavy atom. The lowest BCUT2D eigenvalue weighted by molar-refractivity contribution is -0.132. The van der Waals surface area contributed by atoms with Crippen LogP contribution in [-0.2, 0) is 17.6 Å². The molecule has 1 atom stereocenters. The summed E-state index contributed by atoms with van der Waals surface area (Å²) in [6, 6.07) is 22.6. The molecule has 4 aromatic rings. The largest absolute Gasteiger partial charge is 0.490 e. The molecule has 3 aromatic carbocycles. The summed E-state index contributed by atoms with van der Waals surface area (Å²) in [7, 11) is 0. The van der Waals surface area contributed by atoms with Gasteiger partial charge >= 0.3 is 0 Å². The van der Waals surface area contributed by atoms with Gasteiger partial charge in [0.2, 0.25) is 5.91 Å². The van der Waals surface area contributed by atoms with Gasteiger partial charge in [0, 0.05) is 33.6 Å². The van der Waals surface area contributed by atoms with Gasteiger partial charge in [0.1, 0.15) is 0 Å². The zero-order chi connectivity index (χ0) is 25.1. The molecule has 1 aliphatic heterocycles. The molecule has 0 bridgehead atoms. The Bertz CT molecular complexity index is 1360. The van der Waals surface area contributed by atoms with E-state index in [4.69, 9.17) is 9.47 Å². The average Bonchev–Trinajstić information content (AvgIpc) is 3.29. The highest BCUT2D eigenvalue weighted by atomic mass is 32.2. The van der Waals surface area contributed by atoms with Crippen molar-refractivity contribution in [1.29, 1.82) is 0 Å². The predicted octanol–water partition coefficient (Wildman–Crippen LogP) is 6.40. The van der Waals surface area contributed by atoms with Crippen molar-refractivity contribution >= 4 is 28.6 Å². The predicted molar refractivity (Wildman–Crippen MR) is 146 cm³/mol. The molecule has 0 spiro atoms. The summed E-state index contributed by atoms with van der Waals surface area (Å²) in [5, 5.41) is 1.24. The first-order chi connectivity index (χ1) is 17.6. The number of hydrogen-bond donors (Lipinski definition) is 1. The molecular weight excluding hydrogens is 468 g/mol. The summed E-state index contributed by atoms with van der Waals surface area (Å²) in [6.07, 6.45) is 3.15. The maximum atomic E-state index is 13.9. The smallest absolute Gasteiger partial charge is 0.227 e. The number of rotatable bonds is 8. The summed E-state index contributed by atoms with van der Waals surface area (Å²) in [6.45, 7) is 5.62. The Morgan fingerprint density at radius 3 is 2.53 bits per heavy atom. The Hall–Kier alpha value is -3.38. The van der Waals surface area contributed by atoms with Crippen LogP contribution in [0.15, 0.2) is 71.6 Å². The van der Waals surface area contributed by atoms with Crippen molar-refractivity contribution in [3.8, 4) is 11.5 Å². The average molecular weight is 501 g/mol. The highest BCUT2D eigenvalue weighted by molar-refractivity contribution is 7.98. The van der Waals surface area contributed by atoms with E-state index in [1.807, 2.05) is 36.9 Å². The fourth-order valence-electron chi connectivity index (χ4n) is 5.18. The fourth-order valence-corrected chi connectivity index (χ4v) is 5.59. The molecule has 186 valence electrons. The molecule has 5 nitrogen and oxygen atoms in total. The summed E-state index contributed by atoms with van der Waals surface area (Å²) < 4.78 is 11.7. The number of benzene rings is 3. The van der Waals surface area contributed by atoms with Crippen molar-refractivity contribution in [3.63, 3.8) is 0 Å². The monoisotopic (exact) mass is 500 g/mol. The van der Waals surface area contributed by atoms with Crippen LogP contribution in [-0.4, -0.2) is 41.8 Å². The second kappa shape index (κ2) is 10.7. The second-order valence-electron chi connectivity index (χ2n) is 8.86. The van der Waals surface area contributed by atoms with Crippen LogP contribution in [0.5, 0.6) is 11.5 Å². The number of hydrogen-bond acceptors (Lipinski definition) is 4. The van der Waals surface area contributed by atoms with Crippen LogP contribution < -0.4 is 9.47 Å². The quantitative estimate of drug-likeness (QED) is 0.284. The minimum absolute atomic E-state index is 0.0767. The number of carbonyl (C=O) groups is 1. The van der Waals surface area contributed by atoms with Crippen molar-refractivity contribution < 1.29 is 14.3 Å². The molecule has 2 heterocycles. The lowest BCUT2D eigenvalue weighted by Gasteiger charge is -2.36. The molecule has 1 N–H and O–H groups in total. The molecule has 0 saturated carbocycles. The summed E-state index contributed by atoms with van der Waals surface area (Å²) in [4.78, 5) is 20.8. The number of aromatic nitrogens is 1. The number of fused-ring (bicyclic) bond motifs is 3. The molecule has 0 aliphatic carbocycles. The Balaban J connectivity index is 1.54. The summed E-state index contributed by atoms with van der Waals surface area (Å²) >= 11 is 1.72. The van der Waals surface area contributed by atoms with Gasteiger partial charge in [-0.25, -0.2) is 0 Å². The van der Waals surface area contributed by atoms with E-state index in [1.54, 1.807) is 11.8 Å². The molecular formula is C30H32N2O3S. The maximum Gasteiger partial charge on any atom is 0.227 e. The number of H-pyrrole nitrogens is 1. The van der Waals surface area contributed by atoms with Crippen LogP contribution in [0.25, 0.3) is 10.9 Å². The van der Waals surface area contributed by atoms with E-state index in [1.165, 1.54) is 15.8 Å². The van der Waals surface area contributed by atoms with Crippen molar-refractivity contribution in [3.05, 3.63) is 89.1 Å². The topological polar surface area (TPSA) is 54.6 Å². The highest BCUT2D eigenvalue weighted by Gasteiger charge is 2.34. The summed E-state index contributed by atoms with van der Waals surface area (Å²) in [5.74, 6) is 1.43. The Labute approximate surface area is 216 Å². The lowest BCUT2D eigenvalue weighted by atomic mass is 9.91. The number of aromatic amines is 1. The molecule has 6 heteroatoms. The number of para-hydroxylation sites is 2. The Kier molecular flexibility index (Phi) is 7.23. The number of nitrogens with one attached hydrogen (secondary N) is 1. The van der Waals surface area contributed by atoms with E-state index in [-0.39, 0.29) is 18.4 Å². The normalized spacial score (nSPS) is 15.1. The number of nitrogens with zero attached hydrogens (tertiary/aromatic N) is 1. The standard InChI is InChI=1S/C30H32N2O3S/c1-4-34-26-12-8-9-21(30(26)35-5-2)19-27(33)32-18-17-24-23-10-6-7-11-25(23)31-28(24)29(32)20-13-15-22(36-3)16-14-20/h6-16,29,31H,4-5,17-19H2,1-3H3/t29-/m1/s1. The van der Waals surface area contributed by atoms with Gasteiger partial charge < -0.3 is 19.4 Å². The van der Waals surface area contributed by atoms with Crippen LogP contribution in [0, 0.1) is 0 Å². The van der Waals surface area contributed by atoms with Crippen molar-refractivity contribution in [1.82, 2.24) is 9.88 Å². The Morgan fingerprint density at radius 1 is 1.00 bits per heavy atom. The van der Waals surface area contributed by atoms with Crippen LogP contribution in [0.1, 0.15) is 42.3 Å². The zero-order valence-corrected chi connectivity index (χ0v) is 21.9. The van der Waals surface area contributed by atoms with Gasteiger partial charge in [-0.1, -0.05) is 42.5 Å². The third-order valence-corrected chi connectivity index (χ3v) is 7.52. The van der Waals surface area contributed by atoms with Gasteiger partial charge in [-0.05, 0) is 61.9 Å². The third kappa shape index (κ3) is 4.58. The van der Waals surface area contributed by atoms with Crippen molar-refractivity contribution in [2.24, 2.45) is 0 Å². The second-order valence-corrected chi connectivity index (χ2v) is 9.74.